The summed E-state index contributed by atoms with van der Waals surface area (Å²) in [5.74, 6) is 2.83. The summed E-state index contributed by atoms with van der Waals surface area (Å²) in [5, 5.41) is 3.31. The Balaban J connectivity index is 2.09. The molecule has 1 N–H and O–H groups in total. The summed E-state index contributed by atoms with van der Waals surface area (Å²) < 4.78 is 5.80. The molecular weight excluding hydrogens is 260 g/mol. The molecule has 1 aliphatic rings. The second-order valence-electron chi connectivity index (χ2n) is 6.48. The first-order valence-electron chi connectivity index (χ1n) is 8.16. The van der Waals surface area contributed by atoms with Gasteiger partial charge in [0.25, 0.3) is 0 Å². The molecule has 21 heavy (non-hydrogen) atoms. The molecule has 0 heterocycles. The number of benzene rings is 1. The molecule has 3 unspecified atom stereocenters. The quantitative estimate of drug-likeness (QED) is 0.793. The SMILES string of the molecule is CCOc1ccc(C(C)NC)cc1CN(C)CC1CC1C. The zero-order valence-electron chi connectivity index (χ0n) is 14.1. The Morgan fingerprint density at radius 1 is 1.43 bits per heavy atom. The van der Waals surface area contributed by atoms with Gasteiger partial charge in [-0.25, -0.2) is 0 Å². The summed E-state index contributed by atoms with van der Waals surface area (Å²) in [6.45, 7) is 9.45. The fourth-order valence-corrected chi connectivity index (χ4v) is 2.86. The van der Waals surface area contributed by atoms with Crippen molar-refractivity contribution in [1.29, 1.82) is 0 Å². The van der Waals surface area contributed by atoms with Gasteiger partial charge in [0.1, 0.15) is 5.75 Å². The van der Waals surface area contributed by atoms with Crippen molar-refractivity contribution in [2.45, 2.75) is 39.8 Å². The largest absolute Gasteiger partial charge is 0.494 e. The fraction of sp³-hybridized carbons (Fsp3) is 0.667. The van der Waals surface area contributed by atoms with Gasteiger partial charge in [0.2, 0.25) is 0 Å². The van der Waals surface area contributed by atoms with Gasteiger partial charge in [0.05, 0.1) is 6.61 Å². The molecule has 0 spiro atoms. The highest BCUT2D eigenvalue weighted by Crippen LogP contribution is 2.38. The first-order valence-corrected chi connectivity index (χ1v) is 8.16. The third-order valence-electron chi connectivity index (χ3n) is 4.58. The van der Waals surface area contributed by atoms with Crippen LogP contribution in [0.4, 0.5) is 0 Å². The Bertz CT molecular complexity index is 461. The van der Waals surface area contributed by atoms with E-state index in [1.54, 1.807) is 0 Å². The van der Waals surface area contributed by atoms with Crippen molar-refractivity contribution in [1.82, 2.24) is 10.2 Å². The molecule has 3 nitrogen and oxygen atoms in total. The summed E-state index contributed by atoms with van der Waals surface area (Å²) in [5.41, 5.74) is 2.62. The zero-order valence-corrected chi connectivity index (χ0v) is 14.1. The Hall–Kier alpha value is -1.06. The Morgan fingerprint density at radius 3 is 2.71 bits per heavy atom. The van der Waals surface area contributed by atoms with E-state index in [1.807, 2.05) is 14.0 Å². The van der Waals surface area contributed by atoms with Gasteiger partial charge >= 0.3 is 0 Å². The van der Waals surface area contributed by atoms with Gasteiger partial charge in [-0.3, -0.25) is 0 Å². The van der Waals surface area contributed by atoms with E-state index in [0.717, 1.165) is 30.7 Å². The van der Waals surface area contributed by atoms with Crippen molar-refractivity contribution < 1.29 is 4.74 Å². The van der Waals surface area contributed by atoms with Crippen molar-refractivity contribution in [2.75, 3.05) is 27.2 Å². The molecule has 1 saturated carbocycles. The minimum absolute atomic E-state index is 0.369. The predicted octanol–water partition coefficient (Wildman–Crippen LogP) is 3.45. The van der Waals surface area contributed by atoms with Gasteiger partial charge in [-0.15, -0.1) is 0 Å². The molecule has 1 aliphatic carbocycles. The Labute approximate surface area is 129 Å². The van der Waals surface area contributed by atoms with Crippen LogP contribution >= 0.6 is 0 Å². The first kappa shape index (κ1) is 16.3. The summed E-state index contributed by atoms with van der Waals surface area (Å²) in [4.78, 5) is 2.43. The maximum absolute atomic E-state index is 5.80. The van der Waals surface area contributed by atoms with Gasteiger partial charge in [-0.2, -0.15) is 0 Å². The lowest BCUT2D eigenvalue weighted by Gasteiger charge is -2.21. The van der Waals surface area contributed by atoms with Gasteiger partial charge < -0.3 is 15.0 Å². The Morgan fingerprint density at radius 2 is 2.14 bits per heavy atom. The second kappa shape index (κ2) is 7.28. The van der Waals surface area contributed by atoms with E-state index < -0.39 is 0 Å². The molecule has 1 aromatic carbocycles. The third kappa shape index (κ3) is 4.45. The van der Waals surface area contributed by atoms with E-state index in [-0.39, 0.29) is 0 Å². The summed E-state index contributed by atoms with van der Waals surface area (Å²) in [6, 6.07) is 6.95. The second-order valence-corrected chi connectivity index (χ2v) is 6.48. The van der Waals surface area contributed by atoms with Crippen molar-refractivity contribution in [3.63, 3.8) is 0 Å². The molecule has 118 valence electrons. The van der Waals surface area contributed by atoms with Crippen LogP contribution < -0.4 is 10.1 Å². The maximum atomic E-state index is 5.80. The highest BCUT2D eigenvalue weighted by atomic mass is 16.5. The van der Waals surface area contributed by atoms with E-state index in [0.29, 0.717) is 6.04 Å². The lowest BCUT2D eigenvalue weighted by molar-refractivity contribution is 0.291. The number of rotatable bonds is 8. The number of hydrogen-bond acceptors (Lipinski definition) is 3. The van der Waals surface area contributed by atoms with E-state index in [4.69, 9.17) is 4.74 Å². The van der Waals surface area contributed by atoms with Crippen LogP contribution in [0.1, 0.15) is 44.4 Å². The first-order chi connectivity index (χ1) is 10.0. The van der Waals surface area contributed by atoms with Gasteiger partial charge in [-0.05, 0) is 63.9 Å². The van der Waals surface area contributed by atoms with Gasteiger partial charge in [-0.1, -0.05) is 13.0 Å². The monoisotopic (exact) mass is 290 g/mol. The van der Waals surface area contributed by atoms with Crippen molar-refractivity contribution >= 4 is 0 Å². The van der Waals surface area contributed by atoms with Crippen LogP contribution in [0.15, 0.2) is 18.2 Å². The lowest BCUT2D eigenvalue weighted by atomic mass is 10.0. The van der Waals surface area contributed by atoms with Crippen LogP contribution in [0.25, 0.3) is 0 Å². The molecule has 0 aromatic heterocycles. The maximum Gasteiger partial charge on any atom is 0.123 e. The molecule has 0 saturated heterocycles. The number of nitrogens with zero attached hydrogens (tertiary/aromatic N) is 1. The number of ether oxygens (including phenoxy) is 1. The van der Waals surface area contributed by atoms with Crippen LogP contribution in [0.5, 0.6) is 5.75 Å². The van der Waals surface area contributed by atoms with E-state index in [2.05, 4.69) is 49.3 Å². The molecule has 0 amide bonds. The smallest absolute Gasteiger partial charge is 0.123 e. The van der Waals surface area contributed by atoms with Crippen LogP contribution in [-0.4, -0.2) is 32.1 Å². The average Bonchev–Trinajstić information content (AvgIpc) is 3.15. The molecule has 3 atom stereocenters. The number of nitrogens with one attached hydrogen (secondary N) is 1. The summed E-state index contributed by atoms with van der Waals surface area (Å²) in [6.07, 6.45) is 1.39. The minimum Gasteiger partial charge on any atom is -0.494 e. The van der Waals surface area contributed by atoms with Crippen molar-refractivity contribution in [2.24, 2.45) is 11.8 Å². The van der Waals surface area contributed by atoms with Crippen molar-refractivity contribution in [3.05, 3.63) is 29.3 Å². The molecule has 2 rings (SSSR count). The van der Waals surface area contributed by atoms with E-state index in [1.165, 1.54) is 24.1 Å². The minimum atomic E-state index is 0.369. The molecule has 3 heteroatoms. The molecule has 1 aromatic rings. The predicted molar refractivity (Wildman–Crippen MR) is 88.7 cm³/mol. The molecule has 0 aliphatic heterocycles. The number of hydrogen-bond donors (Lipinski definition) is 1. The highest BCUT2D eigenvalue weighted by Gasteiger charge is 2.33. The molecule has 0 radical (unpaired) electrons. The van der Waals surface area contributed by atoms with Crippen LogP contribution in [0, 0.1) is 11.8 Å². The Kier molecular flexibility index (Phi) is 5.65. The highest BCUT2D eigenvalue weighted by molar-refractivity contribution is 5.38. The average molecular weight is 290 g/mol. The van der Waals surface area contributed by atoms with E-state index in [9.17, 15) is 0 Å². The molecule has 0 bridgehead atoms. The topological polar surface area (TPSA) is 24.5 Å². The lowest BCUT2D eigenvalue weighted by Crippen LogP contribution is -2.22. The molecular formula is C18H30N2O. The summed E-state index contributed by atoms with van der Waals surface area (Å²) in [7, 11) is 4.22. The van der Waals surface area contributed by atoms with Crippen molar-refractivity contribution in [3.8, 4) is 5.75 Å². The van der Waals surface area contributed by atoms with Crippen LogP contribution in [0.2, 0.25) is 0 Å². The van der Waals surface area contributed by atoms with Crippen LogP contribution in [-0.2, 0) is 6.54 Å². The fourth-order valence-electron chi connectivity index (χ4n) is 2.86. The van der Waals surface area contributed by atoms with Gasteiger partial charge in [0, 0.05) is 24.7 Å². The van der Waals surface area contributed by atoms with E-state index >= 15 is 0 Å². The van der Waals surface area contributed by atoms with Crippen LogP contribution in [0.3, 0.4) is 0 Å². The third-order valence-corrected chi connectivity index (χ3v) is 4.58. The standard InChI is InChI=1S/C18H30N2O/c1-6-21-18-8-7-15(14(3)19-4)10-17(18)12-20(5)11-16-9-13(16)2/h7-8,10,13-14,16,19H,6,9,11-12H2,1-5H3. The van der Waals surface area contributed by atoms with Gasteiger partial charge in [0.15, 0.2) is 0 Å². The zero-order chi connectivity index (χ0) is 15.4. The normalized spacial score (nSPS) is 22.4. The summed E-state index contributed by atoms with van der Waals surface area (Å²) >= 11 is 0. The molecule has 1 fully saturated rings.